The van der Waals surface area contributed by atoms with Gasteiger partial charge in [-0.15, -0.1) is 0 Å². The van der Waals surface area contributed by atoms with E-state index in [0.717, 1.165) is 37.4 Å². The molecule has 118 valence electrons. The van der Waals surface area contributed by atoms with Crippen molar-refractivity contribution in [2.75, 3.05) is 26.5 Å². The third-order valence-electron chi connectivity index (χ3n) is 3.60. The van der Waals surface area contributed by atoms with Gasteiger partial charge in [-0.2, -0.15) is 0 Å². The summed E-state index contributed by atoms with van der Waals surface area (Å²) in [6.07, 6.45) is 2.08. The Kier molecular flexibility index (Phi) is 6.10. The molecule has 0 atom stereocenters. The van der Waals surface area contributed by atoms with E-state index < -0.39 is 0 Å². The van der Waals surface area contributed by atoms with Crippen molar-refractivity contribution >= 4 is 5.69 Å². The second-order valence-electron chi connectivity index (χ2n) is 5.20. The number of hydrogen-bond donors (Lipinski definition) is 2. The number of hydrogen-bond acceptors (Lipinski definition) is 4. The highest BCUT2D eigenvalue weighted by molar-refractivity contribution is 5.54. The van der Waals surface area contributed by atoms with Crippen LogP contribution in [0.25, 0.3) is 0 Å². The summed E-state index contributed by atoms with van der Waals surface area (Å²) in [4.78, 5) is 0. The Hall–Kier alpha value is -2.20. The fraction of sp³-hybridized carbons (Fsp3) is 0.333. The molecule has 0 fully saturated rings. The molecular formula is C18H24N2O2. The molecular weight excluding hydrogens is 276 g/mol. The summed E-state index contributed by atoms with van der Waals surface area (Å²) in [7, 11) is 3.31. The van der Waals surface area contributed by atoms with Crippen molar-refractivity contribution in [3.63, 3.8) is 0 Å². The number of methoxy groups -OCH3 is 2. The summed E-state index contributed by atoms with van der Waals surface area (Å²) < 4.78 is 10.3. The van der Waals surface area contributed by atoms with E-state index in [1.165, 1.54) is 11.1 Å². The van der Waals surface area contributed by atoms with Crippen molar-refractivity contribution in [2.24, 2.45) is 0 Å². The zero-order valence-electron chi connectivity index (χ0n) is 13.3. The highest BCUT2D eigenvalue weighted by Gasteiger charge is 2.01. The molecule has 4 heteroatoms. The molecule has 0 amide bonds. The predicted molar refractivity (Wildman–Crippen MR) is 90.4 cm³/mol. The van der Waals surface area contributed by atoms with Crippen LogP contribution in [0.2, 0.25) is 0 Å². The lowest BCUT2D eigenvalue weighted by Crippen LogP contribution is -2.15. The fourth-order valence-electron chi connectivity index (χ4n) is 2.33. The lowest BCUT2D eigenvalue weighted by Gasteiger charge is -2.08. The second kappa shape index (κ2) is 8.29. The van der Waals surface area contributed by atoms with Gasteiger partial charge in [0, 0.05) is 6.54 Å². The molecule has 2 rings (SSSR count). The molecule has 4 nitrogen and oxygen atoms in total. The zero-order valence-corrected chi connectivity index (χ0v) is 13.3. The molecule has 0 heterocycles. The number of benzene rings is 2. The van der Waals surface area contributed by atoms with E-state index in [0.29, 0.717) is 5.69 Å². The van der Waals surface area contributed by atoms with E-state index in [2.05, 4.69) is 23.5 Å². The van der Waals surface area contributed by atoms with Gasteiger partial charge < -0.3 is 20.5 Å². The molecule has 2 aromatic rings. The summed E-state index contributed by atoms with van der Waals surface area (Å²) in [5.74, 6) is 1.63. The van der Waals surface area contributed by atoms with Gasteiger partial charge in [-0.3, -0.25) is 0 Å². The van der Waals surface area contributed by atoms with Gasteiger partial charge in [0.25, 0.3) is 0 Å². The van der Waals surface area contributed by atoms with Crippen molar-refractivity contribution < 1.29 is 9.47 Å². The van der Waals surface area contributed by atoms with Gasteiger partial charge in [0.1, 0.15) is 11.5 Å². The molecule has 0 aliphatic carbocycles. The van der Waals surface area contributed by atoms with E-state index in [9.17, 15) is 0 Å². The topological polar surface area (TPSA) is 56.5 Å². The molecule has 0 saturated heterocycles. The monoisotopic (exact) mass is 300 g/mol. The molecule has 22 heavy (non-hydrogen) atoms. The number of ether oxygens (including phenoxy) is 2. The van der Waals surface area contributed by atoms with Crippen molar-refractivity contribution in [2.45, 2.75) is 19.4 Å². The maximum absolute atomic E-state index is 5.91. The largest absolute Gasteiger partial charge is 0.497 e. The van der Waals surface area contributed by atoms with Crippen LogP contribution in [-0.2, 0) is 13.0 Å². The van der Waals surface area contributed by atoms with Gasteiger partial charge in [-0.05, 0) is 54.8 Å². The van der Waals surface area contributed by atoms with Crippen LogP contribution in [0.4, 0.5) is 5.69 Å². The minimum Gasteiger partial charge on any atom is -0.497 e. The lowest BCUT2D eigenvalue weighted by atomic mass is 10.1. The minimum atomic E-state index is 0.700. The Bertz CT molecular complexity index is 582. The number of nitrogen functional groups attached to an aromatic ring is 1. The first-order chi connectivity index (χ1) is 10.7. The zero-order chi connectivity index (χ0) is 15.8. The first-order valence-corrected chi connectivity index (χ1v) is 7.49. The van der Waals surface area contributed by atoms with Gasteiger partial charge in [-0.25, -0.2) is 0 Å². The highest BCUT2D eigenvalue weighted by atomic mass is 16.5. The maximum Gasteiger partial charge on any atom is 0.141 e. The maximum atomic E-state index is 5.91. The lowest BCUT2D eigenvalue weighted by molar-refractivity contribution is 0.414. The predicted octanol–water partition coefficient (Wildman–Crippen LogP) is 3.01. The van der Waals surface area contributed by atoms with Crippen LogP contribution in [-0.4, -0.2) is 20.8 Å². The highest BCUT2D eigenvalue weighted by Crippen LogP contribution is 2.22. The molecule has 0 bridgehead atoms. The minimum absolute atomic E-state index is 0.700. The smallest absolute Gasteiger partial charge is 0.141 e. The third kappa shape index (κ3) is 4.67. The van der Waals surface area contributed by atoms with Crippen LogP contribution in [0.15, 0.2) is 42.5 Å². The van der Waals surface area contributed by atoms with Crippen molar-refractivity contribution in [3.05, 3.63) is 53.6 Å². The summed E-state index contributed by atoms with van der Waals surface area (Å²) in [5.41, 5.74) is 9.11. The van der Waals surface area contributed by atoms with E-state index in [1.807, 2.05) is 24.3 Å². The third-order valence-corrected chi connectivity index (χ3v) is 3.60. The molecule has 0 saturated carbocycles. The number of anilines is 1. The molecule has 3 N–H and O–H groups in total. The van der Waals surface area contributed by atoms with E-state index in [-0.39, 0.29) is 0 Å². The first-order valence-electron chi connectivity index (χ1n) is 7.49. The Morgan fingerprint density at radius 2 is 1.68 bits per heavy atom. The van der Waals surface area contributed by atoms with Crippen LogP contribution in [0.5, 0.6) is 11.5 Å². The second-order valence-corrected chi connectivity index (χ2v) is 5.20. The van der Waals surface area contributed by atoms with Crippen LogP contribution >= 0.6 is 0 Å². The SMILES string of the molecule is COc1ccc(CNCCCc2ccc(OC)c(N)c2)cc1. The Balaban J connectivity index is 1.69. The molecule has 0 aliphatic rings. The standard InChI is InChI=1S/C18H24N2O2/c1-21-16-8-5-15(6-9-16)13-20-11-3-4-14-7-10-18(22-2)17(19)12-14/h5-10,12,20H,3-4,11,13,19H2,1-2H3. The Morgan fingerprint density at radius 3 is 2.32 bits per heavy atom. The number of rotatable bonds is 8. The molecule has 0 unspecified atom stereocenters. The summed E-state index contributed by atoms with van der Waals surface area (Å²) >= 11 is 0. The normalized spacial score (nSPS) is 10.5. The molecule has 0 aliphatic heterocycles. The van der Waals surface area contributed by atoms with E-state index >= 15 is 0 Å². The Morgan fingerprint density at radius 1 is 0.955 bits per heavy atom. The van der Waals surface area contributed by atoms with Crippen molar-refractivity contribution in [1.82, 2.24) is 5.32 Å². The quantitative estimate of drug-likeness (QED) is 0.581. The van der Waals surface area contributed by atoms with Gasteiger partial charge in [-0.1, -0.05) is 18.2 Å². The van der Waals surface area contributed by atoms with Crippen LogP contribution in [0.1, 0.15) is 17.5 Å². The fourth-order valence-corrected chi connectivity index (χ4v) is 2.33. The van der Waals surface area contributed by atoms with Crippen LogP contribution in [0, 0.1) is 0 Å². The van der Waals surface area contributed by atoms with Crippen LogP contribution in [0.3, 0.4) is 0 Å². The average molecular weight is 300 g/mol. The summed E-state index contributed by atoms with van der Waals surface area (Å²) in [6.45, 7) is 1.84. The van der Waals surface area contributed by atoms with E-state index in [4.69, 9.17) is 15.2 Å². The number of nitrogens with two attached hydrogens (primary N) is 1. The van der Waals surface area contributed by atoms with Crippen LogP contribution < -0.4 is 20.5 Å². The van der Waals surface area contributed by atoms with Gasteiger partial charge in [0.2, 0.25) is 0 Å². The number of nitrogens with one attached hydrogen (secondary N) is 1. The molecule has 0 radical (unpaired) electrons. The van der Waals surface area contributed by atoms with E-state index in [1.54, 1.807) is 14.2 Å². The van der Waals surface area contributed by atoms with Gasteiger partial charge in [0.15, 0.2) is 0 Å². The van der Waals surface area contributed by atoms with Crippen molar-refractivity contribution in [1.29, 1.82) is 0 Å². The summed E-state index contributed by atoms with van der Waals surface area (Å²) in [5, 5.41) is 3.45. The Labute approximate surface area is 132 Å². The average Bonchev–Trinajstić information content (AvgIpc) is 2.55. The molecule has 0 aromatic heterocycles. The molecule has 2 aromatic carbocycles. The van der Waals surface area contributed by atoms with Gasteiger partial charge >= 0.3 is 0 Å². The number of aryl methyl sites for hydroxylation is 1. The van der Waals surface area contributed by atoms with Crippen molar-refractivity contribution in [3.8, 4) is 11.5 Å². The summed E-state index contributed by atoms with van der Waals surface area (Å²) in [6, 6.07) is 14.1. The first kappa shape index (κ1) is 16.2. The molecule has 0 spiro atoms. The van der Waals surface area contributed by atoms with Gasteiger partial charge in [0.05, 0.1) is 19.9 Å².